The summed E-state index contributed by atoms with van der Waals surface area (Å²) in [6, 6.07) is 0. The molecule has 2 aliphatic heterocycles. The van der Waals surface area contributed by atoms with E-state index in [4.69, 9.17) is 0 Å². The number of hydrogen-bond acceptors (Lipinski definition) is 3. The van der Waals surface area contributed by atoms with Crippen molar-refractivity contribution in [1.82, 2.24) is 10.2 Å². The Morgan fingerprint density at radius 2 is 1.88 bits per heavy atom. The van der Waals surface area contributed by atoms with Crippen LogP contribution in [0.5, 0.6) is 0 Å². The second kappa shape index (κ2) is 5.49. The first-order chi connectivity index (χ1) is 8.10. The number of ketones is 1. The first kappa shape index (κ1) is 13.0. The van der Waals surface area contributed by atoms with Gasteiger partial charge in [-0.3, -0.25) is 4.79 Å². The first-order valence-electron chi connectivity index (χ1n) is 7.04. The summed E-state index contributed by atoms with van der Waals surface area (Å²) in [5.74, 6) is 1.25. The van der Waals surface area contributed by atoms with Gasteiger partial charge in [-0.25, -0.2) is 0 Å². The molecule has 98 valence electrons. The quantitative estimate of drug-likeness (QED) is 0.812. The zero-order valence-electron chi connectivity index (χ0n) is 11.3. The van der Waals surface area contributed by atoms with Crippen molar-refractivity contribution < 1.29 is 4.79 Å². The number of piperidine rings is 2. The zero-order chi connectivity index (χ0) is 12.3. The van der Waals surface area contributed by atoms with Crippen LogP contribution in [-0.2, 0) is 4.79 Å². The van der Waals surface area contributed by atoms with E-state index in [1.165, 1.54) is 32.5 Å². The van der Waals surface area contributed by atoms with Crippen molar-refractivity contribution in [1.29, 1.82) is 0 Å². The van der Waals surface area contributed by atoms with E-state index in [0.717, 1.165) is 31.8 Å². The van der Waals surface area contributed by atoms with Crippen LogP contribution in [0.25, 0.3) is 0 Å². The van der Waals surface area contributed by atoms with Gasteiger partial charge in [-0.15, -0.1) is 0 Å². The van der Waals surface area contributed by atoms with Crippen LogP contribution < -0.4 is 5.32 Å². The summed E-state index contributed by atoms with van der Waals surface area (Å²) in [6.45, 7) is 9.72. The summed E-state index contributed by atoms with van der Waals surface area (Å²) >= 11 is 0. The molecular weight excluding hydrogens is 212 g/mol. The van der Waals surface area contributed by atoms with Gasteiger partial charge in [0.15, 0.2) is 0 Å². The van der Waals surface area contributed by atoms with Crippen molar-refractivity contribution in [3.05, 3.63) is 0 Å². The topological polar surface area (TPSA) is 32.3 Å². The molecule has 0 aromatic heterocycles. The lowest BCUT2D eigenvalue weighted by atomic mass is 9.77. The van der Waals surface area contributed by atoms with Gasteiger partial charge in [-0.1, -0.05) is 6.92 Å². The smallest absolute Gasteiger partial charge is 0.135 e. The Hall–Kier alpha value is -0.410. The highest BCUT2D eigenvalue weighted by atomic mass is 16.1. The van der Waals surface area contributed by atoms with Gasteiger partial charge in [0.05, 0.1) is 0 Å². The number of Topliss-reactive ketones (excluding diaryl/α,β-unsaturated/α-hetero) is 1. The lowest BCUT2D eigenvalue weighted by Gasteiger charge is -2.39. The number of likely N-dealkylation sites (tertiary alicyclic amines) is 1. The van der Waals surface area contributed by atoms with E-state index in [1.807, 2.05) is 0 Å². The Bertz CT molecular complexity index is 263. The van der Waals surface area contributed by atoms with Crippen molar-refractivity contribution in [3.8, 4) is 0 Å². The molecule has 3 heteroatoms. The number of rotatable bonds is 3. The normalized spacial score (nSPS) is 26.9. The summed E-state index contributed by atoms with van der Waals surface area (Å²) in [5, 5.41) is 3.42. The number of carbonyl (C=O) groups excluding carboxylic acids is 1. The van der Waals surface area contributed by atoms with E-state index in [2.05, 4.69) is 17.1 Å². The van der Waals surface area contributed by atoms with Crippen molar-refractivity contribution in [2.45, 2.75) is 39.5 Å². The summed E-state index contributed by atoms with van der Waals surface area (Å²) < 4.78 is 0. The molecule has 0 aliphatic carbocycles. The minimum absolute atomic E-state index is 0.0371. The Balaban J connectivity index is 1.77. The van der Waals surface area contributed by atoms with Gasteiger partial charge in [0.2, 0.25) is 0 Å². The van der Waals surface area contributed by atoms with Gasteiger partial charge in [0.25, 0.3) is 0 Å². The highest BCUT2D eigenvalue weighted by Crippen LogP contribution is 2.32. The molecule has 0 amide bonds. The maximum atomic E-state index is 11.6. The molecule has 0 aromatic rings. The minimum atomic E-state index is -0.0371. The molecule has 1 N–H and O–H groups in total. The SMILES string of the molecule is CC(=O)C1(C)CCN(CC2CCNCC2)CC1. The molecule has 17 heavy (non-hydrogen) atoms. The second-order valence-electron chi connectivity index (χ2n) is 6.11. The highest BCUT2D eigenvalue weighted by Gasteiger charge is 2.34. The minimum Gasteiger partial charge on any atom is -0.317 e. The van der Waals surface area contributed by atoms with E-state index in [1.54, 1.807) is 6.92 Å². The maximum Gasteiger partial charge on any atom is 0.135 e. The summed E-state index contributed by atoms with van der Waals surface area (Å²) in [7, 11) is 0. The molecular formula is C14H26N2O. The van der Waals surface area contributed by atoms with Crippen LogP contribution in [0.15, 0.2) is 0 Å². The molecule has 0 bridgehead atoms. The summed E-state index contributed by atoms with van der Waals surface area (Å²) in [6.07, 6.45) is 4.74. The Kier molecular flexibility index (Phi) is 4.21. The molecule has 0 spiro atoms. The van der Waals surface area contributed by atoms with Crippen molar-refractivity contribution >= 4 is 5.78 Å². The van der Waals surface area contributed by atoms with Crippen LogP contribution in [0.3, 0.4) is 0 Å². The van der Waals surface area contributed by atoms with Crippen molar-refractivity contribution in [3.63, 3.8) is 0 Å². The monoisotopic (exact) mass is 238 g/mol. The zero-order valence-corrected chi connectivity index (χ0v) is 11.3. The number of carbonyl (C=O) groups is 1. The summed E-state index contributed by atoms with van der Waals surface area (Å²) in [4.78, 5) is 14.2. The fraction of sp³-hybridized carbons (Fsp3) is 0.929. The van der Waals surface area contributed by atoms with Crippen LogP contribution >= 0.6 is 0 Å². The molecule has 2 saturated heterocycles. The van der Waals surface area contributed by atoms with Gasteiger partial charge >= 0.3 is 0 Å². The van der Waals surface area contributed by atoms with E-state index >= 15 is 0 Å². The first-order valence-corrected chi connectivity index (χ1v) is 7.04. The molecule has 2 fully saturated rings. The fourth-order valence-corrected chi connectivity index (χ4v) is 3.01. The van der Waals surface area contributed by atoms with Crippen LogP contribution in [0, 0.1) is 11.3 Å². The van der Waals surface area contributed by atoms with Gasteiger partial charge in [-0.2, -0.15) is 0 Å². The maximum absolute atomic E-state index is 11.6. The average molecular weight is 238 g/mol. The third-order valence-electron chi connectivity index (χ3n) is 4.78. The van der Waals surface area contributed by atoms with Crippen molar-refractivity contribution in [2.75, 3.05) is 32.7 Å². The largest absolute Gasteiger partial charge is 0.317 e. The lowest BCUT2D eigenvalue weighted by molar-refractivity contribution is -0.128. The van der Waals surface area contributed by atoms with Crippen molar-refractivity contribution in [2.24, 2.45) is 11.3 Å². The Morgan fingerprint density at radius 1 is 1.29 bits per heavy atom. The molecule has 0 aromatic carbocycles. The number of nitrogens with one attached hydrogen (secondary N) is 1. The number of hydrogen-bond donors (Lipinski definition) is 1. The second-order valence-corrected chi connectivity index (χ2v) is 6.11. The predicted molar refractivity (Wildman–Crippen MR) is 70.1 cm³/mol. The predicted octanol–water partition coefficient (Wildman–Crippen LogP) is 1.68. The molecule has 2 heterocycles. The van der Waals surface area contributed by atoms with Gasteiger partial charge in [0.1, 0.15) is 5.78 Å². The third-order valence-corrected chi connectivity index (χ3v) is 4.78. The highest BCUT2D eigenvalue weighted by molar-refractivity contribution is 5.82. The average Bonchev–Trinajstić information content (AvgIpc) is 2.33. The molecule has 0 atom stereocenters. The third kappa shape index (κ3) is 3.29. The molecule has 3 nitrogen and oxygen atoms in total. The van der Waals surface area contributed by atoms with Crippen LogP contribution in [0.1, 0.15) is 39.5 Å². The van der Waals surface area contributed by atoms with Crippen LogP contribution in [0.4, 0.5) is 0 Å². The number of nitrogens with zero attached hydrogens (tertiary/aromatic N) is 1. The van der Waals surface area contributed by atoms with Crippen LogP contribution in [-0.4, -0.2) is 43.4 Å². The van der Waals surface area contributed by atoms with E-state index in [-0.39, 0.29) is 5.41 Å². The molecule has 2 aliphatic rings. The standard InChI is InChI=1S/C14H26N2O/c1-12(17)14(2)5-9-16(10-6-14)11-13-3-7-15-8-4-13/h13,15H,3-11H2,1-2H3. The molecule has 2 rings (SSSR count). The Labute approximate surface area is 105 Å². The van der Waals surface area contributed by atoms with E-state index < -0.39 is 0 Å². The van der Waals surface area contributed by atoms with Crippen LogP contribution in [0.2, 0.25) is 0 Å². The van der Waals surface area contributed by atoms with E-state index in [9.17, 15) is 4.79 Å². The Morgan fingerprint density at radius 3 is 2.41 bits per heavy atom. The van der Waals surface area contributed by atoms with Gasteiger partial charge in [0, 0.05) is 12.0 Å². The lowest BCUT2D eigenvalue weighted by Crippen LogP contribution is -2.44. The summed E-state index contributed by atoms with van der Waals surface area (Å²) in [5.41, 5.74) is -0.0371. The molecule has 0 unspecified atom stereocenters. The molecule has 0 saturated carbocycles. The van der Waals surface area contributed by atoms with Gasteiger partial charge < -0.3 is 10.2 Å². The van der Waals surface area contributed by atoms with E-state index in [0.29, 0.717) is 5.78 Å². The molecule has 0 radical (unpaired) electrons. The van der Waals surface area contributed by atoms with Gasteiger partial charge in [-0.05, 0) is 64.7 Å². The fourth-order valence-electron chi connectivity index (χ4n) is 3.01.